The van der Waals surface area contributed by atoms with E-state index in [1.54, 1.807) is 30.3 Å². The molecule has 5 nitrogen and oxygen atoms in total. The lowest BCUT2D eigenvalue weighted by molar-refractivity contribution is 0.953. The maximum absolute atomic E-state index is 9.60. The van der Waals surface area contributed by atoms with Gasteiger partial charge in [-0.1, -0.05) is 151 Å². The zero-order valence-corrected chi connectivity index (χ0v) is 25.1. The third-order valence-corrected chi connectivity index (χ3v) is 7.90. The van der Waals surface area contributed by atoms with Crippen molar-refractivity contribution in [3.8, 4) is 45.5 Å². The molecule has 0 aliphatic heterocycles. The van der Waals surface area contributed by atoms with Gasteiger partial charge in [0.05, 0.1) is 55.0 Å². The largest absolute Gasteiger partial charge is 0.307 e. The Morgan fingerprint density at radius 1 is 0.380 bits per heavy atom. The molecule has 0 saturated carbocycles. The molecule has 10 rings (SSSR count). The highest BCUT2D eigenvalue weighted by molar-refractivity contribution is 6.23. The van der Waals surface area contributed by atoms with Crippen molar-refractivity contribution in [2.45, 2.75) is 0 Å². The smallest absolute Gasteiger partial charge is 0.238 e. The SMILES string of the molecule is [2H]c1c([2H])c([2H])c(-c2nc(-c3c([2H])c([2H])c(-c4c([2H])c([2H])c([2H])c([2H])c4[2H])c([2H])c3[2H])nc(-n3c4c([2H])c([2H])c([2H])c([2H])c4c4c([2H])c([2H])c5c6c([2H])c([2H])c([2H])c([2H])c6n(-c6ccccc6)c5c43)n2)c([2H])c1[2H]. The van der Waals surface area contributed by atoms with Crippen molar-refractivity contribution in [1.82, 2.24) is 24.1 Å². The van der Waals surface area contributed by atoms with Crippen LogP contribution >= 0.6 is 0 Å². The van der Waals surface area contributed by atoms with E-state index >= 15 is 0 Å². The highest BCUT2D eigenvalue weighted by atomic mass is 15.2. The van der Waals surface area contributed by atoms with Crippen LogP contribution in [-0.2, 0) is 0 Å². The summed E-state index contributed by atoms with van der Waals surface area (Å²) in [7, 11) is 0. The van der Waals surface area contributed by atoms with Crippen LogP contribution in [0.15, 0.2) is 175 Å². The number of hydrogen-bond acceptors (Lipinski definition) is 3. The minimum absolute atomic E-state index is 0.194. The highest BCUT2D eigenvalue weighted by Crippen LogP contribution is 2.41. The summed E-state index contributed by atoms with van der Waals surface area (Å²) in [5.41, 5.74) is -3.92. The number of hydrogen-bond donors (Lipinski definition) is 0. The average Bonchev–Trinajstić information content (AvgIpc) is 3.94. The average molecular weight is 664 g/mol. The molecule has 3 aromatic heterocycles. The summed E-state index contributed by atoms with van der Waals surface area (Å²) in [6, 6.07) is -11.6. The molecular weight excluding hydrogens is 611 g/mol. The Morgan fingerprint density at radius 3 is 1.46 bits per heavy atom. The summed E-state index contributed by atoms with van der Waals surface area (Å²) in [4.78, 5) is 13.5. The number of benzene rings is 7. The molecule has 10 aromatic rings. The van der Waals surface area contributed by atoms with Crippen LogP contribution in [0.1, 0.15) is 32.9 Å². The Hall–Kier alpha value is -6.85. The third kappa shape index (κ3) is 4.45. The second-order valence-corrected chi connectivity index (χ2v) is 10.7. The van der Waals surface area contributed by atoms with Crippen LogP contribution in [0.4, 0.5) is 0 Å². The van der Waals surface area contributed by atoms with Crippen molar-refractivity contribution in [3.63, 3.8) is 0 Å². The van der Waals surface area contributed by atoms with Gasteiger partial charge in [0, 0.05) is 38.4 Å². The van der Waals surface area contributed by atoms with E-state index in [-0.39, 0.29) is 38.4 Å². The summed E-state index contributed by atoms with van der Waals surface area (Å²) >= 11 is 0. The predicted molar refractivity (Wildman–Crippen MR) is 205 cm³/mol. The molecule has 0 amide bonds. The maximum Gasteiger partial charge on any atom is 0.238 e. The third-order valence-electron chi connectivity index (χ3n) is 7.90. The van der Waals surface area contributed by atoms with Crippen molar-refractivity contribution in [2.75, 3.05) is 0 Å². The quantitative estimate of drug-likeness (QED) is 0.184. The molecule has 0 N–H and O–H groups in total. The normalized spacial score (nSPS) is 18.3. The second kappa shape index (κ2) is 11.4. The fourth-order valence-electron chi connectivity index (χ4n) is 5.82. The lowest BCUT2D eigenvalue weighted by atomic mass is 10.0. The van der Waals surface area contributed by atoms with E-state index in [1.807, 2.05) is 0 Å². The van der Waals surface area contributed by atoms with Crippen LogP contribution in [-0.4, -0.2) is 24.1 Å². The molecule has 0 aliphatic carbocycles. The second-order valence-electron chi connectivity index (χ2n) is 10.7. The van der Waals surface area contributed by atoms with Crippen LogP contribution in [0, 0.1) is 0 Å². The standard InChI is InChI=1S/C45H29N5/c1-4-14-30(15-5-1)31-24-26-33(27-25-31)44-46-43(32-16-6-2-7-17-32)47-45(48-44)50-40-23-13-11-21-36(40)38-29-28-37-35-20-10-12-22-39(35)49(41(37)42(38)50)34-18-8-3-9-19-34/h1-29H/i1D,2D,4D,5D,6D,7D,10D,11D,12D,13D,14D,15D,16D,17D,20D,21D,22D,23D,24D,25D,26D,27D,28D,29D. The topological polar surface area (TPSA) is 48.5 Å². The van der Waals surface area contributed by atoms with Gasteiger partial charge >= 0.3 is 0 Å². The molecule has 0 spiro atoms. The van der Waals surface area contributed by atoms with E-state index in [2.05, 4.69) is 15.0 Å². The summed E-state index contributed by atoms with van der Waals surface area (Å²) in [5, 5.41) is -1.28. The minimum Gasteiger partial charge on any atom is -0.307 e. The molecule has 7 aromatic carbocycles. The van der Waals surface area contributed by atoms with Crippen molar-refractivity contribution < 1.29 is 32.9 Å². The minimum atomic E-state index is -0.983. The molecule has 0 aliphatic rings. The van der Waals surface area contributed by atoms with Gasteiger partial charge in [0.1, 0.15) is 0 Å². The Kier molecular flexibility index (Phi) is 3.01. The fraction of sp³-hybridized carbons (Fsp3) is 0. The van der Waals surface area contributed by atoms with Crippen LogP contribution in [0.5, 0.6) is 0 Å². The Labute approximate surface area is 322 Å². The van der Waals surface area contributed by atoms with Gasteiger partial charge in [0.25, 0.3) is 0 Å². The van der Waals surface area contributed by atoms with Gasteiger partial charge in [-0.2, -0.15) is 9.97 Å². The van der Waals surface area contributed by atoms with Gasteiger partial charge in [0.2, 0.25) is 5.95 Å². The zero-order valence-electron chi connectivity index (χ0n) is 49.1. The van der Waals surface area contributed by atoms with E-state index in [0.29, 0.717) is 0 Å². The molecule has 0 fully saturated rings. The van der Waals surface area contributed by atoms with Crippen LogP contribution < -0.4 is 0 Å². The van der Waals surface area contributed by atoms with Crippen molar-refractivity contribution >= 4 is 43.6 Å². The summed E-state index contributed by atoms with van der Waals surface area (Å²) in [6.45, 7) is 0. The van der Waals surface area contributed by atoms with E-state index in [0.717, 1.165) is 4.57 Å². The molecule has 5 heteroatoms. The number of para-hydroxylation sites is 3. The lowest BCUT2D eigenvalue weighted by Crippen LogP contribution is -2.07. The Morgan fingerprint density at radius 2 is 0.840 bits per heavy atom. The molecule has 3 heterocycles. The van der Waals surface area contributed by atoms with E-state index in [1.165, 1.54) is 4.57 Å². The Balaban J connectivity index is 1.49. The number of rotatable bonds is 5. The van der Waals surface area contributed by atoms with Gasteiger partial charge in [0.15, 0.2) is 11.6 Å². The highest BCUT2D eigenvalue weighted by Gasteiger charge is 2.23. The zero-order chi connectivity index (χ0) is 53.9. The maximum atomic E-state index is 9.60. The van der Waals surface area contributed by atoms with Gasteiger partial charge in [-0.25, -0.2) is 4.98 Å². The van der Waals surface area contributed by atoms with E-state index < -0.39 is 196 Å². The van der Waals surface area contributed by atoms with Crippen LogP contribution in [0.2, 0.25) is 0 Å². The molecule has 0 radical (unpaired) electrons. The molecule has 0 atom stereocenters. The molecule has 0 bridgehead atoms. The van der Waals surface area contributed by atoms with E-state index in [9.17, 15) is 9.60 Å². The summed E-state index contributed by atoms with van der Waals surface area (Å²) < 4.78 is 215. The molecule has 0 unspecified atom stereocenters. The fourth-order valence-corrected chi connectivity index (χ4v) is 5.82. The monoisotopic (exact) mass is 663 g/mol. The number of nitrogens with zero attached hydrogens (tertiary/aromatic N) is 5. The first-order chi connectivity index (χ1) is 34.8. The molecule has 0 saturated heterocycles. The van der Waals surface area contributed by atoms with Crippen molar-refractivity contribution in [3.05, 3.63) is 175 Å². The predicted octanol–water partition coefficient (Wildman–Crippen LogP) is 11.1. The van der Waals surface area contributed by atoms with Gasteiger partial charge in [-0.15, -0.1) is 0 Å². The van der Waals surface area contributed by atoms with Crippen LogP contribution in [0.25, 0.3) is 89.2 Å². The molecule has 50 heavy (non-hydrogen) atoms. The van der Waals surface area contributed by atoms with E-state index in [4.69, 9.17) is 23.3 Å². The molecular formula is C45H29N5. The Bertz CT molecular complexity index is 4160. The lowest BCUT2D eigenvalue weighted by Gasteiger charge is -2.13. The summed E-state index contributed by atoms with van der Waals surface area (Å²) in [5.74, 6) is -2.41. The van der Waals surface area contributed by atoms with Crippen LogP contribution in [0.3, 0.4) is 0 Å². The van der Waals surface area contributed by atoms with Crippen molar-refractivity contribution in [1.29, 1.82) is 0 Å². The first-order valence-electron chi connectivity index (χ1n) is 26.8. The van der Waals surface area contributed by atoms with Crippen molar-refractivity contribution in [2.24, 2.45) is 0 Å². The number of fused-ring (bicyclic) bond motifs is 7. The van der Waals surface area contributed by atoms with Gasteiger partial charge in [-0.05, 0) is 35.3 Å². The number of aromatic nitrogens is 5. The van der Waals surface area contributed by atoms with Gasteiger partial charge < -0.3 is 4.57 Å². The molecule has 234 valence electrons. The summed E-state index contributed by atoms with van der Waals surface area (Å²) in [6.07, 6.45) is 0. The first kappa shape index (κ1) is 13.2. The first-order valence-corrected chi connectivity index (χ1v) is 14.8. The van der Waals surface area contributed by atoms with Gasteiger partial charge in [-0.3, -0.25) is 4.57 Å².